The lowest BCUT2D eigenvalue weighted by Gasteiger charge is -2.42. The van der Waals surface area contributed by atoms with Crippen LogP contribution in [-0.2, 0) is 27.4 Å². The van der Waals surface area contributed by atoms with Gasteiger partial charge in [-0.3, -0.25) is 5.32 Å². The zero-order valence-corrected chi connectivity index (χ0v) is 28.0. The van der Waals surface area contributed by atoms with E-state index in [0.29, 0.717) is 44.9 Å². The summed E-state index contributed by atoms with van der Waals surface area (Å²) in [5.74, 6) is -0.666. The number of fused-ring (bicyclic) bond motifs is 6. The molecule has 2 atom stereocenters. The third-order valence-corrected chi connectivity index (χ3v) is 9.63. The number of halogens is 2. The molecule has 13 heteroatoms. The van der Waals surface area contributed by atoms with Gasteiger partial charge in [-0.1, -0.05) is 0 Å². The van der Waals surface area contributed by atoms with Gasteiger partial charge in [0.1, 0.15) is 34.7 Å². The molecule has 2 aromatic heterocycles. The second-order valence-corrected chi connectivity index (χ2v) is 15.4. The van der Waals surface area contributed by atoms with Gasteiger partial charge >= 0.3 is 12.2 Å². The van der Waals surface area contributed by atoms with Gasteiger partial charge in [-0.25, -0.2) is 28.3 Å². The van der Waals surface area contributed by atoms with Gasteiger partial charge in [0.15, 0.2) is 5.82 Å². The average molecular weight is 666 g/mol. The van der Waals surface area contributed by atoms with Crippen molar-refractivity contribution in [3.8, 4) is 11.1 Å². The van der Waals surface area contributed by atoms with Gasteiger partial charge in [-0.2, -0.15) is 0 Å². The number of hydrogen-bond donors (Lipinski definition) is 1. The third kappa shape index (κ3) is 5.73. The minimum absolute atomic E-state index is 0.0343. The Kier molecular flexibility index (Phi) is 7.55. The van der Waals surface area contributed by atoms with Crippen LogP contribution in [0, 0.1) is 11.6 Å². The van der Waals surface area contributed by atoms with Crippen molar-refractivity contribution >= 4 is 55.3 Å². The lowest BCUT2D eigenvalue weighted by atomic mass is 9.91. The zero-order valence-electron chi connectivity index (χ0n) is 27.2. The summed E-state index contributed by atoms with van der Waals surface area (Å²) in [5.41, 5.74) is 0.236. The number of anilines is 2. The number of likely N-dealkylation sites (tertiary alicyclic amines) is 1. The largest absolute Gasteiger partial charge is 0.444 e. The maximum absolute atomic E-state index is 16.9. The Labute approximate surface area is 275 Å². The molecule has 7 rings (SSSR count). The highest BCUT2D eigenvalue weighted by Gasteiger charge is 2.44. The predicted molar refractivity (Wildman–Crippen MR) is 176 cm³/mol. The van der Waals surface area contributed by atoms with Crippen LogP contribution >= 0.6 is 11.3 Å². The van der Waals surface area contributed by atoms with Crippen molar-refractivity contribution in [1.29, 1.82) is 0 Å². The molecule has 2 fully saturated rings. The van der Waals surface area contributed by atoms with E-state index in [1.807, 2.05) is 20.8 Å². The number of nitrogens with one attached hydrogen (secondary N) is 1. The first-order chi connectivity index (χ1) is 22.2. The van der Waals surface area contributed by atoms with Crippen molar-refractivity contribution < 1.29 is 32.6 Å². The van der Waals surface area contributed by atoms with Crippen LogP contribution in [0.2, 0.25) is 0 Å². The van der Waals surface area contributed by atoms with Gasteiger partial charge in [0.25, 0.3) is 0 Å². The second-order valence-electron chi connectivity index (χ2n) is 14.3. The highest BCUT2D eigenvalue weighted by molar-refractivity contribution is 7.23. The minimum Gasteiger partial charge on any atom is -0.444 e. The number of aromatic nitrogens is 2. The summed E-state index contributed by atoms with van der Waals surface area (Å²) in [6.07, 6.45) is 2.05. The first-order valence-electron chi connectivity index (χ1n) is 15.7. The normalized spacial score (nSPS) is 19.4. The minimum atomic E-state index is -0.696. The molecule has 5 heterocycles. The molecule has 3 aliphatic rings. The first kappa shape index (κ1) is 31.5. The maximum Gasteiger partial charge on any atom is 0.412 e. The summed E-state index contributed by atoms with van der Waals surface area (Å²) in [4.78, 5) is 38.4. The lowest BCUT2D eigenvalue weighted by Crippen LogP contribution is -2.56. The topological polar surface area (TPSA) is 106 Å². The Hall–Kier alpha value is -4.10. The molecule has 3 aliphatic heterocycles. The van der Waals surface area contributed by atoms with Gasteiger partial charge in [0.05, 0.1) is 23.6 Å². The van der Waals surface area contributed by atoms with E-state index in [2.05, 4.69) is 20.2 Å². The molecule has 248 valence electrons. The molecule has 0 spiro atoms. The summed E-state index contributed by atoms with van der Waals surface area (Å²) in [7, 11) is 0. The van der Waals surface area contributed by atoms with Crippen molar-refractivity contribution in [3.05, 3.63) is 47.3 Å². The van der Waals surface area contributed by atoms with Gasteiger partial charge in [0, 0.05) is 46.4 Å². The van der Waals surface area contributed by atoms with E-state index in [0.717, 1.165) is 18.4 Å². The SMILES string of the molecule is CC(C)(C)OC(=O)Nc1cc2c(-c3c4c(c5c(N6C7CCC6CN(C(=O)OC(C)(C)C)C7)ncnc5c3F)COC4)c(F)ccc2s1. The van der Waals surface area contributed by atoms with E-state index in [1.165, 1.54) is 23.7 Å². The van der Waals surface area contributed by atoms with Crippen molar-refractivity contribution in [1.82, 2.24) is 14.9 Å². The van der Waals surface area contributed by atoms with E-state index in [-0.39, 0.29) is 48.0 Å². The standard InChI is InChI=1S/C34H37F2N5O5S/c1-33(2,3)45-31(42)39-24-11-19-23(47-24)10-9-22(35)25(19)26-20-14-44-15-21(20)27-29(28(26)36)37-16-38-30(27)41-17-7-8-18(41)13-40(12-17)32(43)46-34(4,5)6/h9-11,16-18H,7-8,12-15H2,1-6H3,(H,39,42). The van der Waals surface area contributed by atoms with Crippen LogP contribution in [0.5, 0.6) is 0 Å². The molecule has 4 aromatic rings. The molecule has 1 N–H and O–H groups in total. The van der Waals surface area contributed by atoms with Gasteiger partial charge < -0.3 is 24.0 Å². The maximum atomic E-state index is 16.9. The number of piperazine rings is 1. The van der Waals surface area contributed by atoms with Crippen molar-refractivity contribution in [2.24, 2.45) is 0 Å². The smallest absolute Gasteiger partial charge is 0.412 e. The fourth-order valence-corrected chi connectivity index (χ4v) is 7.89. The summed E-state index contributed by atoms with van der Waals surface area (Å²) >= 11 is 1.24. The van der Waals surface area contributed by atoms with Gasteiger partial charge in [-0.05, 0) is 83.7 Å². The van der Waals surface area contributed by atoms with Crippen LogP contribution < -0.4 is 10.2 Å². The number of carbonyl (C=O) groups is 2. The third-order valence-electron chi connectivity index (χ3n) is 8.62. The number of rotatable bonds is 3. The second kappa shape index (κ2) is 11.3. The predicted octanol–water partition coefficient (Wildman–Crippen LogP) is 7.76. The fourth-order valence-electron chi connectivity index (χ4n) is 6.93. The monoisotopic (exact) mass is 665 g/mol. The number of hydrogen-bond acceptors (Lipinski definition) is 9. The van der Waals surface area contributed by atoms with Crippen molar-refractivity contribution in [2.75, 3.05) is 23.3 Å². The Morgan fingerprint density at radius 3 is 2.32 bits per heavy atom. The Balaban J connectivity index is 1.31. The van der Waals surface area contributed by atoms with Crippen molar-refractivity contribution in [2.45, 2.75) is 90.9 Å². The van der Waals surface area contributed by atoms with E-state index in [1.54, 1.807) is 37.8 Å². The van der Waals surface area contributed by atoms with Crippen LogP contribution in [0.3, 0.4) is 0 Å². The number of nitrogens with zero attached hydrogens (tertiary/aromatic N) is 4. The van der Waals surface area contributed by atoms with Crippen LogP contribution in [0.15, 0.2) is 24.5 Å². The molecule has 0 saturated carbocycles. The van der Waals surface area contributed by atoms with Crippen molar-refractivity contribution in [3.63, 3.8) is 0 Å². The van der Waals surface area contributed by atoms with Gasteiger partial charge in [0.2, 0.25) is 0 Å². The van der Waals surface area contributed by atoms with E-state index < -0.39 is 28.9 Å². The average Bonchev–Trinajstić information content (AvgIpc) is 3.67. The fraction of sp³-hybridized carbons (Fsp3) is 0.471. The molecule has 2 saturated heterocycles. The number of benzene rings is 2. The quantitative estimate of drug-likeness (QED) is 0.237. The summed E-state index contributed by atoms with van der Waals surface area (Å²) in [5, 5.41) is 4.17. The number of amides is 2. The van der Waals surface area contributed by atoms with E-state index in [4.69, 9.17) is 14.2 Å². The molecule has 2 aromatic carbocycles. The van der Waals surface area contributed by atoms with Crippen LogP contribution in [-0.4, -0.2) is 63.4 Å². The Morgan fingerprint density at radius 1 is 0.957 bits per heavy atom. The lowest BCUT2D eigenvalue weighted by molar-refractivity contribution is 0.0209. The molecular formula is C34H37F2N5O5S. The number of carbonyl (C=O) groups excluding carboxylic acids is 2. The van der Waals surface area contributed by atoms with Crippen LogP contribution in [0.25, 0.3) is 32.1 Å². The van der Waals surface area contributed by atoms with Crippen LogP contribution in [0.4, 0.5) is 29.2 Å². The number of ether oxygens (including phenoxy) is 3. The summed E-state index contributed by atoms with van der Waals surface area (Å²) in [6.45, 7) is 12.0. The molecule has 0 aliphatic carbocycles. The highest BCUT2D eigenvalue weighted by atomic mass is 32.1. The van der Waals surface area contributed by atoms with E-state index in [9.17, 15) is 9.59 Å². The molecular weight excluding hydrogens is 628 g/mol. The highest BCUT2D eigenvalue weighted by Crippen LogP contribution is 2.47. The molecule has 2 unspecified atom stereocenters. The Bertz CT molecular complexity index is 1920. The Morgan fingerprint density at radius 2 is 1.64 bits per heavy atom. The van der Waals surface area contributed by atoms with Gasteiger partial charge in [-0.15, -0.1) is 11.3 Å². The molecule has 10 nitrogen and oxygen atoms in total. The number of thiophene rings is 1. The zero-order chi connectivity index (χ0) is 33.4. The summed E-state index contributed by atoms with van der Waals surface area (Å²) in [6, 6.07) is 4.49. The summed E-state index contributed by atoms with van der Waals surface area (Å²) < 4.78 is 50.3. The molecule has 47 heavy (non-hydrogen) atoms. The first-order valence-corrected chi connectivity index (χ1v) is 16.5. The molecule has 0 radical (unpaired) electrons. The van der Waals surface area contributed by atoms with E-state index >= 15 is 8.78 Å². The molecule has 2 amide bonds. The van der Waals surface area contributed by atoms with Crippen LogP contribution in [0.1, 0.15) is 65.5 Å². The molecule has 2 bridgehead atoms.